The Morgan fingerprint density at radius 3 is 0.837 bits per heavy atom. The molecule has 0 saturated heterocycles. The molecule has 0 heterocycles. The zero-order chi connectivity index (χ0) is 39.4. The molecule has 0 aromatic heterocycles. The van der Waals surface area contributed by atoms with E-state index in [4.69, 9.17) is 79.3 Å². The second-order valence-electron chi connectivity index (χ2n) is 8.58. The summed E-state index contributed by atoms with van der Waals surface area (Å²) in [6.45, 7) is -0.477. The molecule has 1 fully saturated rings. The van der Waals surface area contributed by atoms with Gasteiger partial charge >= 0.3 is 60.7 Å². The topological polar surface area (TPSA) is 537 Å². The van der Waals surface area contributed by atoms with Crippen molar-refractivity contribution in [3.8, 4) is 0 Å². The minimum Gasteiger partial charge on any atom is -0.480 e. The summed E-state index contributed by atoms with van der Waals surface area (Å²) in [5.41, 5.74) is 5.07. The standard InChI is InChI=1S/C6H18O24P6.C4H10N3O5P/c7-31(8,9)25-1-2(26-32(10,11)12)4(28-34(16,17)18)6(30-36(22,23)24)5(29-35(19,20)21)3(1)27-33(13,14)15;1-7(2-3(8)9)4(5)6-13(10,11)12/h1-6H,(H2,7,8,9)(H2,10,11,12)(H2,13,14,15)(H2,16,17,18)(H2,19,20,21)(H2,22,23,24);2H2,1H3,(H,8,9)(H4,5,6,10,11,12). The minimum absolute atomic E-state index is 0.477. The summed E-state index contributed by atoms with van der Waals surface area (Å²) < 4.78 is 106. The number of hydrogen-bond donors (Lipinski definition) is 16. The largest absolute Gasteiger partial charge is 0.480 e. The summed E-state index contributed by atoms with van der Waals surface area (Å²) in [7, 11) is -39.4. The van der Waals surface area contributed by atoms with Gasteiger partial charge in [0.2, 0.25) is 5.96 Å². The first-order valence-electron chi connectivity index (χ1n) is 11.1. The number of carboxylic acids is 1. The maximum Gasteiger partial charge on any atom is 0.470 e. The van der Waals surface area contributed by atoms with Crippen LogP contribution in [0.25, 0.3) is 0 Å². The van der Waals surface area contributed by atoms with E-state index in [2.05, 4.69) is 31.9 Å². The number of likely N-dealkylation sites (N-methyl/N-ethyl adjacent to an activating group) is 1. The molecule has 39 heteroatoms. The number of nitrogens with zero attached hydrogens (tertiary/aromatic N) is 2. The predicted octanol–water partition coefficient (Wildman–Crippen LogP) is -4.72. The molecule has 0 radical (unpaired) electrons. The number of guanidine groups is 1. The highest BCUT2D eigenvalue weighted by atomic mass is 31.2. The van der Waals surface area contributed by atoms with Crippen molar-refractivity contribution < 1.29 is 138 Å². The second-order valence-corrected chi connectivity index (χ2v) is 17.0. The third kappa shape index (κ3) is 22.3. The number of phosphoric acid groups is 6. The number of phosphoric ester groups is 6. The van der Waals surface area contributed by atoms with Crippen LogP contribution in [-0.4, -0.2) is 141 Å². The van der Waals surface area contributed by atoms with Crippen molar-refractivity contribution >= 4 is 66.6 Å². The molecule has 0 unspecified atom stereocenters. The van der Waals surface area contributed by atoms with Crippen molar-refractivity contribution in [1.29, 1.82) is 0 Å². The normalized spacial score (nSPS) is 24.9. The van der Waals surface area contributed by atoms with Crippen molar-refractivity contribution in [2.75, 3.05) is 13.6 Å². The summed E-state index contributed by atoms with van der Waals surface area (Å²) in [6.07, 6.45) is -18.9. The van der Waals surface area contributed by atoms with E-state index < -0.39 is 110 Å². The van der Waals surface area contributed by atoms with Crippen LogP contribution in [0.15, 0.2) is 4.76 Å². The van der Waals surface area contributed by atoms with E-state index in [9.17, 15) is 36.7 Å². The molecule has 1 aliphatic carbocycles. The molecule has 0 bridgehead atoms. The van der Waals surface area contributed by atoms with Gasteiger partial charge in [-0.25, -0.2) is 32.0 Å². The van der Waals surface area contributed by atoms with Crippen molar-refractivity contribution in [2.24, 2.45) is 10.5 Å². The Bertz CT molecular complexity index is 1280. The Hall–Kier alpha value is -0.450. The molecule has 17 N–H and O–H groups in total. The van der Waals surface area contributed by atoms with Crippen LogP contribution in [0.4, 0.5) is 0 Å². The molecule has 32 nitrogen and oxygen atoms in total. The average molecular weight is 871 g/mol. The van der Waals surface area contributed by atoms with Crippen LogP contribution in [0.1, 0.15) is 0 Å². The SMILES string of the molecule is CN(CC(=O)O)/C(N)=N/P(=O)(O)O.O=P(O)(O)OC1C(OP(=O)(O)O)C(OP(=O)(O)O)C(OP(=O)(O)O)C(OP(=O)(O)O)C1OP(=O)(O)O. The van der Waals surface area contributed by atoms with Crippen molar-refractivity contribution in [2.45, 2.75) is 36.6 Å². The Labute approximate surface area is 270 Å². The molecule has 49 heavy (non-hydrogen) atoms. The van der Waals surface area contributed by atoms with Crippen LogP contribution in [-0.2, 0) is 63.9 Å². The van der Waals surface area contributed by atoms with Gasteiger partial charge in [0.25, 0.3) is 0 Å². The minimum atomic E-state index is -6.02. The van der Waals surface area contributed by atoms with Gasteiger partial charge in [-0.3, -0.25) is 31.9 Å². The van der Waals surface area contributed by atoms with Crippen molar-refractivity contribution in [3.63, 3.8) is 0 Å². The molecular weight excluding hydrogens is 843 g/mol. The number of nitrogens with two attached hydrogens (primary N) is 1. The molecule has 0 amide bonds. The van der Waals surface area contributed by atoms with Gasteiger partial charge in [-0.2, -0.15) is 0 Å². The van der Waals surface area contributed by atoms with Gasteiger partial charge < -0.3 is 84.2 Å². The molecule has 0 spiro atoms. The summed E-state index contributed by atoms with van der Waals surface area (Å²) in [5, 5.41) is 8.28. The van der Waals surface area contributed by atoms with Gasteiger partial charge in [0.05, 0.1) is 0 Å². The van der Waals surface area contributed by atoms with Crippen LogP contribution in [0, 0.1) is 0 Å². The van der Waals surface area contributed by atoms with Crippen LogP contribution >= 0.6 is 54.7 Å². The van der Waals surface area contributed by atoms with Gasteiger partial charge in [-0.05, 0) is 0 Å². The summed E-state index contributed by atoms with van der Waals surface area (Å²) in [6, 6.07) is 0. The molecular formula is C10H28N3O29P7. The third-order valence-electron chi connectivity index (χ3n) is 4.49. The van der Waals surface area contributed by atoms with Gasteiger partial charge in [-0.15, -0.1) is 4.76 Å². The van der Waals surface area contributed by atoms with Crippen molar-refractivity contribution in [1.82, 2.24) is 4.90 Å². The van der Waals surface area contributed by atoms with E-state index in [0.29, 0.717) is 0 Å². The fraction of sp³-hybridized carbons (Fsp3) is 0.800. The maximum atomic E-state index is 11.4. The zero-order valence-electron chi connectivity index (χ0n) is 23.2. The summed E-state index contributed by atoms with van der Waals surface area (Å²) >= 11 is 0. The van der Waals surface area contributed by atoms with E-state index in [1.54, 1.807) is 0 Å². The monoisotopic (exact) mass is 871 g/mol. The fourth-order valence-electron chi connectivity index (χ4n) is 3.29. The van der Waals surface area contributed by atoms with Gasteiger partial charge in [0, 0.05) is 7.05 Å². The number of rotatable bonds is 15. The fourth-order valence-corrected chi connectivity index (χ4v) is 7.05. The van der Waals surface area contributed by atoms with E-state index in [1.807, 2.05) is 0 Å². The van der Waals surface area contributed by atoms with Crippen molar-refractivity contribution in [3.05, 3.63) is 0 Å². The quantitative estimate of drug-likeness (QED) is 0.0417. The van der Waals surface area contributed by atoms with Crippen LogP contribution < -0.4 is 5.73 Å². The zero-order valence-corrected chi connectivity index (χ0v) is 29.5. The van der Waals surface area contributed by atoms with Crippen LogP contribution in [0.2, 0.25) is 0 Å². The molecule has 1 aliphatic rings. The van der Waals surface area contributed by atoms with E-state index in [-0.39, 0.29) is 0 Å². The Kier molecular flexibility index (Phi) is 17.4. The van der Waals surface area contributed by atoms with Crippen LogP contribution in [0.3, 0.4) is 0 Å². The van der Waals surface area contributed by atoms with Gasteiger partial charge in [0.15, 0.2) is 0 Å². The lowest BCUT2D eigenvalue weighted by atomic mass is 9.85. The van der Waals surface area contributed by atoms with E-state index in [0.717, 1.165) is 4.90 Å². The molecule has 0 aliphatic heterocycles. The summed E-state index contributed by atoms with van der Waals surface area (Å²) in [4.78, 5) is 137. The Morgan fingerprint density at radius 1 is 0.531 bits per heavy atom. The number of carboxylic acid groups (broad SMARTS) is 1. The summed E-state index contributed by atoms with van der Waals surface area (Å²) in [5.74, 6) is -1.69. The third-order valence-corrected chi connectivity index (χ3v) is 8.07. The first-order chi connectivity index (χ1) is 21.3. The lowest BCUT2D eigenvalue weighted by molar-refractivity contribution is -0.202. The maximum absolute atomic E-state index is 11.4. The second kappa shape index (κ2) is 17.6. The predicted molar refractivity (Wildman–Crippen MR) is 145 cm³/mol. The highest BCUT2D eigenvalue weighted by Gasteiger charge is 2.62. The molecule has 1 rings (SSSR count). The van der Waals surface area contributed by atoms with Gasteiger partial charge in [-0.1, -0.05) is 0 Å². The molecule has 0 atom stereocenters. The molecule has 0 aromatic carbocycles. The Balaban J connectivity index is 0.00000149. The van der Waals surface area contributed by atoms with E-state index >= 15 is 0 Å². The highest BCUT2D eigenvalue weighted by Crippen LogP contribution is 2.57. The number of aliphatic carboxylic acids is 1. The lowest BCUT2D eigenvalue weighted by Gasteiger charge is -2.48. The average Bonchev–Trinajstić information content (AvgIpc) is 2.75. The first kappa shape index (κ1) is 48.5. The molecule has 0 aromatic rings. The lowest BCUT2D eigenvalue weighted by Crippen LogP contribution is -2.66. The highest BCUT2D eigenvalue weighted by molar-refractivity contribution is 7.50. The number of carbonyl (C=O) groups is 1. The van der Waals surface area contributed by atoms with Crippen LogP contribution in [0.5, 0.6) is 0 Å². The van der Waals surface area contributed by atoms with Gasteiger partial charge in [0.1, 0.15) is 43.2 Å². The molecule has 1 saturated carbocycles. The Morgan fingerprint density at radius 2 is 0.714 bits per heavy atom. The van der Waals surface area contributed by atoms with E-state index in [1.165, 1.54) is 7.05 Å². The smallest absolute Gasteiger partial charge is 0.470 e. The number of hydrogen-bond acceptors (Lipinski definition) is 14. The molecule has 292 valence electrons. The first-order valence-corrected chi connectivity index (χ1v) is 21.8.